The Morgan fingerprint density at radius 1 is 1.00 bits per heavy atom. The second-order valence-electron chi connectivity index (χ2n) is 8.74. The van der Waals surface area contributed by atoms with E-state index in [0.29, 0.717) is 17.8 Å². The summed E-state index contributed by atoms with van der Waals surface area (Å²) in [5.74, 6) is -0.673. The number of hydrogen-bond donors (Lipinski definition) is 1. The van der Waals surface area contributed by atoms with Crippen LogP contribution >= 0.6 is 0 Å². The Bertz CT molecular complexity index is 1040. The standard InChI is InChI=1S/C25H34FN3O4S/c1-19(2)17-27-25(31)20(3)28(18-21-12-14-22(26)15-13-21)24(30)11-8-16-29(34(4,32)33)23-9-6-5-7-10-23/h5-7,9-10,12-15,19-20H,8,11,16-18H2,1-4H3,(H,27,31)/t20-/m1/s1. The van der Waals surface area contributed by atoms with Crippen molar-refractivity contribution in [1.82, 2.24) is 10.2 Å². The van der Waals surface area contributed by atoms with Crippen LogP contribution in [-0.2, 0) is 26.2 Å². The molecular formula is C25H34FN3O4S. The minimum Gasteiger partial charge on any atom is -0.354 e. The summed E-state index contributed by atoms with van der Waals surface area (Å²) in [5, 5.41) is 2.85. The molecule has 0 aliphatic carbocycles. The van der Waals surface area contributed by atoms with Gasteiger partial charge in [-0.15, -0.1) is 0 Å². The zero-order chi connectivity index (χ0) is 25.3. The van der Waals surface area contributed by atoms with Crippen LogP contribution in [0.5, 0.6) is 0 Å². The van der Waals surface area contributed by atoms with Crippen LogP contribution in [0.3, 0.4) is 0 Å². The zero-order valence-corrected chi connectivity index (χ0v) is 21.0. The lowest BCUT2D eigenvalue weighted by atomic mass is 10.1. The third kappa shape index (κ3) is 8.44. The van der Waals surface area contributed by atoms with Gasteiger partial charge in [-0.1, -0.05) is 44.2 Å². The highest BCUT2D eigenvalue weighted by molar-refractivity contribution is 7.92. The van der Waals surface area contributed by atoms with Crippen LogP contribution in [0.15, 0.2) is 54.6 Å². The molecule has 1 atom stereocenters. The highest BCUT2D eigenvalue weighted by Crippen LogP contribution is 2.18. The number of hydrogen-bond acceptors (Lipinski definition) is 4. The average molecular weight is 492 g/mol. The maximum Gasteiger partial charge on any atom is 0.242 e. The van der Waals surface area contributed by atoms with Crippen molar-refractivity contribution in [1.29, 1.82) is 0 Å². The highest BCUT2D eigenvalue weighted by atomic mass is 32.2. The lowest BCUT2D eigenvalue weighted by Crippen LogP contribution is -2.48. The summed E-state index contributed by atoms with van der Waals surface area (Å²) in [6.07, 6.45) is 1.46. The summed E-state index contributed by atoms with van der Waals surface area (Å²) in [5.41, 5.74) is 1.22. The Kier molecular flexibility index (Phi) is 10.0. The summed E-state index contributed by atoms with van der Waals surface area (Å²) in [6, 6.07) is 13.7. The van der Waals surface area contributed by atoms with Gasteiger partial charge in [0.1, 0.15) is 11.9 Å². The van der Waals surface area contributed by atoms with Gasteiger partial charge in [-0.05, 0) is 49.1 Å². The van der Waals surface area contributed by atoms with Crippen molar-refractivity contribution < 1.29 is 22.4 Å². The first-order valence-electron chi connectivity index (χ1n) is 11.3. The molecule has 1 N–H and O–H groups in total. The van der Waals surface area contributed by atoms with Crippen molar-refractivity contribution in [3.63, 3.8) is 0 Å². The molecule has 2 rings (SSSR count). The summed E-state index contributed by atoms with van der Waals surface area (Å²) in [4.78, 5) is 27.3. The van der Waals surface area contributed by atoms with Gasteiger partial charge in [-0.2, -0.15) is 0 Å². The van der Waals surface area contributed by atoms with E-state index in [1.165, 1.54) is 21.3 Å². The molecule has 0 fully saturated rings. The molecule has 9 heteroatoms. The molecule has 0 saturated heterocycles. The number of sulfonamides is 1. The first-order valence-corrected chi connectivity index (χ1v) is 13.2. The predicted octanol–water partition coefficient (Wildman–Crippen LogP) is 3.56. The fourth-order valence-electron chi connectivity index (χ4n) is 3.42. The Morgan fingerprint density at radius 2 is 1.62 bits per heavy atom. The lowest BCUT2D eigenvalue weighted by Gasteiger charge is -2.29. The third-order valence-electron chi connectivity index (χ3n) is 5.31. The summed E-state index contributed by atoms with van der Waals surface area (Å²) < 4.78 is 39.2. The molecular weight excluding hydrogens is 457 g/mol. The maximum atomic E-state index is 13.3. The minimum absolute atomic E-state index is 0.0574. The van der Waals surface area contributed by atoms with Crippen molar-refractivity contribution in [2.24, 2.45) is 5.92 Å². The quantitative estimate of drug-likeness (QED) is 0.492. The summed E-state index contributed by atoms with van der Waals surface area (Å²) >= 11 is 0. The zero-order valence-electron chi connectivity index (χ0n) is 20.2. The first kappa shape index (κ1) is 27.3. The number of nitrogens with zero attached hydrogens (tertiary/aromatic N) is 2. The van der Waals surface area contributed by atoms with Crippen molar-refractivity contribution in [2.45, 2.75) is 46.2 Å². The van der Waals surface area contributed by atoms with Crippen LogP contribution in [0.25, 0.3) is 0 Å². The van der Waals surface area contributed by atoms with E-state index in [1.807, 2.05) is 13.8 Å². The van der Waals surface area contributed by atoms with Crippen molar-refractivity contribution in [2.75, 3.05) is 23.7 Å². The van der Waals surface area contributed by atoms with Crippen LogP contribution in [-0.4, -0.2) is 50.5 Å². The van der Waals surface area contributed by atoms with Gasteiger partial charge in [0, 0.05) is 26.1 Å². The van der Waals surface area contributed by atoms with E-state index in [9.17, 15) is 22.4 Å². The third-order valence-corrected chi connectivity index (χ3v) is 6.51. The van der Waals surface area contributed by atoms with Crippen LogP contribution < -0.4 is 9.62 Å². The molecule has 2 aromatic rings. The number of anilines is 1. The number of nitrogens with one attached hydrogen (secondary N) is 1. The van der Waals surface area contributed by atoms with E-state index in [-0.39, 0.29) is 49.5 Å². The molecule has 2 aromatic carbocycles. The SMILES string of the molecule is CC(C)CNC(=O)[C@@H](C)N(Cc1ccc(F)cc1)C(=O)CCCN(c1ccccc1)S(C)(=O)=O. The Labute approximate surface area is 202 Å². The number of carbonyl (C=O) groups excluding carboxylic acids is 2. The van der Waals surface area contributed by atoms with Gasteiger partial charge in [-0.3, -0.25) is 13.9 Å². The average Bonchev–Trinajstić information content (AvgIpc) is 2.79. The molecule has 0 aliphatic rings. The van der Waals surface area contributed by atoms with Gasteiger partial charge in [0.15, 0.2) is 0 Å². The maximum absolute atomic E-state index is 13.3. The fraction of sp³-hybridized carbons (Fsp3) is 0.440. The van der Waals surface area contributed by atoms with Crippen molar-refractivity contribution in [3.05, 3.63) is 66.0 Å². The molecule has 0 heterocycles. The molecule has 0 spiro atoms. The Balaban J connectivity index is 2.13. The highest BCUT2D eigenvalue weighted by Gasteiger charge is 2.26. The molecule has 0 radical (unpaired) electrons. The van der Waals surface area contributed by atoms with E-state index in [4.69, 9.17) is 0 Å². The normalized spacial score (nSPS) is 12.3. The molecule has 2 amide bonds. The van der Waals surface area contributed by atoms with E-state index in [1.54, 1.807) is 49.4 Å². The number of halogens is 1. The van der Waals surface area contributed by atoms with Crippen LogP contribution in [0.2, 0.25) is 0 Å². The smallest absolute Gasteiger partial charge is 0.242 e. The van der Waals surface area contributed by atoms with Gasteiger partial charge in [0.2, 0.25) is 21.8 Å². The predicted molar refractivity (Wildman–Crippen MR) is 132 cm³/mol. The second kappa shape index (κ2) is 12.5. The van der Waals surface area contributed by atoms with E-state index in [2.05, 4.69) is 5.32 Å². The largest absolute Gasteiger partial charge is 0.354 e. The topological polar surface area (TPSA) is 86.8 Å². The fourth-order valence-corrected chi connectivity index (χ4v) is 4.39. The molecule has 7 nitrogen and oxygen atoms in total. The second-order valence-corrected chi connectivity index (χ2v) is 10.6. The lowest BCUT2D eigenvalue weighted by molar-refractivity contribution is -0.140. The number of rotatable bonds is 12. The monoisotopic (exact) mass is 491 g/mol. The molecule has 34 heavy (non-hydrogen) atoms. The summed E-state index contributed by atoms with van der Waals surface area (Å²) in [6.45, 7) is 6.38. The number of benzene rings is 2. The minimum atomic E-state index is -3.53. The van der Waals surface area contributed by atoms with Gasteiger partial charge in [0.05, 0.1) is 11.9 Å². The first-order chi connectivity index (χ1) is 16.0. The molecule has 0 aromatic heterocycles. The Hall–Kier alpha value is -2.94. The van der Waals surface area contributed by atoms with E-state index < -0.39 is 16.1 Å². The molecule has 0 aliphatic heterocycles. The van der Waals surface area contributed by atoms with Crippen LogP contribution in [0.1, 0.15) is 39.2 Å². The molecule has 0 saturated carbocycles. The Morgan fingerprint density at radius 3 is 2.18 bits per heavy atom. The van der Waals surface area contributed by atoms with Crippen molar-refractivity contribution >= 4 is 27.5 Å². The molecule has 186 valence electrons. The number of para-hydroxylation sites is 1. The van der Waals surface area contributed by atoms with E-state index >= 15 is 0 Å². The van der Waals surface area contributed by atoms with Gasteiger partial charge in [0.25, 0.3) is 0 Å². The number of carbonyl (C=O) groups is 2. The molecule has 0 bridgehead atoms. The van der Waals surface area contributed by atoms with Gasteiger partial charge < -0.3 is 10.2 Å². The van der Waals surface area contributed by atoms with Crippen LogP contribution in [0.4, 0.5) is 10.1 Å². The van der Waals surface area contributed by atoms with Gasteiger partial charge in [-0.25, -0.2) is 12.8 Å². The number of amides is 2. The van der Waals surface area contributed by atoms with Gasteiger partial charge >= 0.3 is 0 Å². The molecule has 0 unspecified atom stereocenters. The van der Waals surface area contributed by atoms with Crippen molar-refractivity contribution in [3.8, 4) is 0 Å². The van der Waals surface area contributed by atoms with E-state index in [0.717, 1.165) is 6.26 Å². The summed E-state index contributed by atoms with van der Waals surface area (Å²) in [7, 11) is -3.53. The van der Waals surface area contributed by atoms with Crippen LogP contribution in [0, 0.1) is 11.7 Å².